The molecule has 1 amide bonds. The van der Waals surface area contributed by atoms with Crippen molar-refractivity contribution in [2.45, 2.75) is 44.6 Å². The monoisotopic (exact) mass is 427 g/mol. The molecule has 0 radical (unpaired) electrons. The summed E-state index contributed by atoms with van der Waals surface area (Å²) >= 11 is 0. The molecule has 31 heavy (non-hydrogen) atoms. The van der Waals surface area contributed by atoms with Gasteiger partial charge in [0, 0.05) is 43.7 Å². The molecule has 0 saturated carbocycles. The van der Waals surface area contributed by atoms with Gasteiger partial charge in [0.2, 0.25) is 11.7 Å². The Morgan fingerprint density at radius 3 is 2.48 bits per heavy atom. The fourth-order valence-corrected chi connectivity index (χ4v) is 4.72. The van der Waals surface area contributed by atoms with Crippen molar-refractivity contribution in [1.29, 1.82) is 0 Å². The van der Waals surface area contributed by atoms with E-state index in [2.05, 4.69) is 9.55 Å². The van der Waals surface area contributed by atoms with Gasteiger partial charge in [0.05, 0.1) is 27.8 Å². The van der Waals surface area contributed by atoms with Crippen LogP contribution in [-0.2, 0) is 24.2 Å². The van der Waals surface area contributed by atoms with Crippen LogP contribution < -0.4 is 19.8 Å². The molecule has 0 bridgehead atoms. The number of hydrogen-bond acceptors (Lipinski definition) is 6. The Kier molecular flexibility index (Phi) is 6.15. The van der Waals surface area contributed by atoms with E-state index in [-0.39, 0.29) is 23.8 Å². The van der Waals surface area contributed by atoms with Gasteiger partial charge in [-0.3, -0.25) is 9.59 Å². The Labute approximate surface area is 181 Å². The van der Waals surface area contributed by atoms with Gasteiger partial charge < -0.3 is 23.7 Å². The predicted octanol–water partition coefficient (Wildman–Crippen LogP) is 2.16. The van der Waals surface area contributed by atoms with Crippen molar-refractivity contribution >= 4 is 5.91 Å². The Morgan fingerprint density at radius 1 is 1.06 bits per heavy atom. The summed E-state index contributed by atoms with van der Waals surface area (Å²) in [5.74, 6) is 2.67. The number of ether oxygens (including phenoxy) is 3. The molecule has 2 aliphatic heterocycles. The number of amides is 1. The molecule has 166 valence electrons. The highest BCUT2D eigenvalue weighted by atomic mass is 16.5. The summed E-state index contributed by atoms with van der Waals surface area (Å²) in [6.07, 6.45) is 3.99. The number of benzene rings is 1. The molecule has 0 N–H and O–H groups in total. The quantitative estimate of drug-likeness (QED) is 0.703. The van der Waals surface area contributed by atoms with Crippen LogP contribution in [0.15, 0.2) is 23.0 Å². The Balaban J connectivity index is 1.52. The van der Waals surface area contributed by atoms with E-state index in [9.17, 15) is 9.59 Å². The molecule has 0 spiro atoms. The van der Waals surface area contributed by atoms with E-state index in [1.54, 1.807) is 27.4 Å². The van der Waals surface area contributed by atoms with Gasteiger partial charge in [0.25, 0.3) is 5.56 Å². The van der Waals surface area contributed by atoms with Crippen LogP contribution in [0, 0.1) is 0 Å². The minimum atomic E-state index is -0.177. The molecule has 1 aromatic heterocycles. The Morgan fingerprint density at radius 2 is 1.81 bits per heavy atom. The summed E-state index contributed by atoms with van der Waals surface area (Å²) in [7, 11) is 4.68. The second-order valence-corrected chi connectivity index (χ2v) is 8.08. The van der Waals surface area contributed by atoms with Crippen LogP contribution in [0.3, 0.4) is 0 Å². The van der Waals surface area contributed by atoms with Crippen molar-refractivity contribution in [3.8, 4) is 17.2 Å². The molecular formula is C23H29N3O5. The largest absolute Gasteiger partial charge is 0.493 e. The first-order valence-electron chi connectivity index (χ1n) is 10.7. The number of carbonyl (C=O) groups excluding carboxylic acids is 1. The molecule has 8 nitrogen and oxygen atoms in total. The van der Waals surface area contributed by atoms with Crippen LogP contribution in [-0.4, -0.2) is 54.8 Å². The van der Waals surface area contributed by atoms with E-state index in [4.69, 9.17) is 14.2 Å². The van der Waals surface area contributed by atoms with Crippen LogP contribution in [0.1, 0.15) is 42.3 Å². The highest BCUT2D eigenvalue weighted by Gasteiger charge is 2.29. The molecule has 1 aromatic carbocycles. The number of fused-ring (bicyclic) bond motifs is 1. The maximum absolute atomic E-state index is 13.1. The lowest BCUT2D eigenvalue weighted by Crippen LogP contribution is -2.41. The van der Waals surface area contributed by atoms with Gasteiger partial charge in [-0.2, -0.15) is 4.98 Å². The summed E-state index contributed by atoms with van der Waals surface area (Å²) in [4.78, 5) is 31.3. The molecule has 2 aromatic rings. The van der Waals surface area contributed by atoms with Gasteiger partial charge in [0.15, 0.2) is 11.5 Å². The summed E-state index contributed by atoms with van der Waals surface area (Å²) in [6.45, 7) is 2.24. The van der Waals surface area contributed by atoms with Gasteiger partial charge >= 0.3 is 0 Å². The summed E-state index contributed by atoms with van der Waals surface area (Å²) in [5, 5.41) is 0. The average molecular weight is 428 g/mol. The molecule has 1 fully saturated rings. The van der Waals surface area contributed by atoms with Crippen LogP contribution in [0.25, 0.3) is 0 Å². The SMILES string of the molecule is COc1cc(CC(=O)N2CCC[C@H](c3cc(=O)nc4n3CCC4)C2)cc(OC)c1OC. The van der Waals surface area contributed by atoms with E-state index >= 15 is 0 Å². The zero-order chi connectivity index (χ0) is 22.0. The average Bonchev–Trinajstić information content (AvgIpc) is 3.26. The number of methoxy groups -OCH3 is 3. The lowest BCUT2D eigenvalue weighted by molar-refractivity contribution is -0.131. The second kappa shape index (κ2) is 8.99. The van der Waals surface area contributed by atoms with Crippen molar-refractivity contribution in [3.63, 3.8) is 0 Å². The van der Waals surface area contributed by atoms with E-state index < -0.39 is 0 Å². The normalized spacial score (nSPS) is 17.9. The number of aromatic nitrogens is 2. The topological polar surface area (TPSA) is 82.9 Å². The van der Waals surface area contributed by atoms with Gasteiger partial charge in [-0.25, -0.2) is 0 Å². The highest BCUT2D eigenvalue weighted by Crippen LogP contribution is 2.38. The van der Waals surface area contributed by atoms with Crippen LogP contribution >= 0.6 is 0 Å². The number of hydrogen-bond donors (Lipinski definition) is 0. The van der Waals surface area contributed by atoms with Crippen molar-refractivity contribution < 1.29 is 19.0 Å². The van der Waals surface area contributed by atoms with Crippen molar-refractivity contribution in [2.75, 3.05) is 34.4 Å². The molecule has 4 rings (SSSR count). The third kappa shape index (κ3) is 4.24. The Bertz CT molecular complexity index is 1010. The molecule has 2 aliphatic rings. The highest BCUT2D eigenvalue weighted by molar-refractivity contribution is 5.79. The number of rotatable bonds is 6. The number of aryl methyl sites for hydroxylation is 1. The van der Waals surface area contributed by atoms with Gasteiger partial charge in [-0.05, 0) is 37.0 Å². The minimum absolute atomic E-state index is 0.0528. The predicted molar refractivity (Wildman–Crippen MR) is 115 cm³/mol. The number of carbonyl (C=O) groups is 1. The van der Waals surface area contributed by atoms with Crippen molar-refractivity contribution in [2.24, 2.45) is 0 Å². The van der Waals surface area contributed by atoms with E-state index in [1.807, 2.05) is 17.0 Å². The van der Waals surface area contributed by atoms with Gasteiger partial charge in [-0.15, -0.1) is 0 Å². The summed E-state index contributed by atoms with van der Waals surface area (Å²) in [6, 6.07) is 5.29. The first kappa shape index (κ1) is 21.2. The number of likely N-dealkylation sites (tertiary alicyclic amines) is 1. The first-order chi connectivity index (χ1) is 15.0. The van der Waals surface area contributed by atoms with Gasteiger partial charge in [-0.1, -0.05) is 0 Å². The van der Waals surface area contributed by atoms with E-state index in [1.165, 1.54) is 0 Å². The van der Waals surface area contributed by atoms with Crippen LogP contribution in [0.5, 0.6) is 17.2 Å². The lowest BCUT2D eigenvalue weighted by atomic mass is 9.93. The third-order valence-electron chi connectivity index (χ3n) is 6.19. The molecule has 0 unspecified atom stereocenters. The summed E-state index contributed by atoms with van der Waals surface area (Å²) in [5.41, 5.74) is 1.66. The second-order valence-electron chi connectivity index (χ2n) is 8.08. The Hall–Kier alpha value is -3.03. The number of piperidine rings is 1. The third-order valence-corrected chi connectivity index (χ3v) is 6.19. The zero-order valence-electron chi connectivity index (χ0n) is 18.3. The van der Waals surface area contributed by atoms with E-state index in [0.717, 1.165) is 55.9 Å². The van der Waals surface area contributed by atoms with E-state index in [0.29, 0.717) is 23.8 Å². The minimum Gasteiger partial charge on any atom is -0.493 e. The first-order valence-corrected chi connectivity index (χ1v) is 10.7. The van der Waals surface area contributed by atoms with Crippen molar-refractivity contribution in [1.82, 2.24) is 14.5 Å². The molecule has 1 atom stereocenters. The molecule has 1 saturated heterocycles. The maximum Gasteiger partial charge on any atom is 0.273 e. The van der Waals surface area contributed by atoms with Crippen LogP contribution in [0.2, 0.25) is 0 Å². The van der Waals surface area contributed by atoms with Crippen molar-refractivity contribution in [3.05, 3.63) is 45.6 Å². The molecule has 8 heteroatoms. The molecular weight excluding hydrogens is 398 g/mol. The molecule has 3 heterocycles. The maximum atomic E-state index is 13.1. The smallest absolute Gasteiger partial charge is 0.273 e. The summed E-state index contributed by atoms with van der Waals surface area (Å²) < 4.78 is 18.4. The zero-order valence-corrected chi connectivity index (χ0v) is 18.3. The van der Waals surface area contributed by atoms with Gasteiger partial charge in [0.1, 0.15) is 5.82 Å². The lowest BCUT2D eigenvalue weighted by Gasteiger charge is -2.34. The fraction of sp³-hybridized carbons (Fsp3) is 0.522. The van der Waals surface area contributed by atoms with Crippen LogP contribution in [0.4, 0.5) is 0 Å². The number of nitrogens with zero attached hydrogens (tertiary/aromatic N) is 3. The standard InChI is InChI=1S/C23H29N3O5/c1-29-18-10-15(11-19(30-2)23(18)31-3)12-22(28)25-8-4-6-16(14-25)17-13-21(27)24-20-7-5-9-26(17)20/h10-11,13,16H,4-9,12,14H2,1-3H3/t16-/m0/s1. The fourth-order valence-electron chi connectivity index (χ4n) is 4.72. The molecule has 0 aliphatic carbocycles.